The number of hydrogen-bond donors (Lipinski definition) is 1. The highest BCUT2D eigenvalue weighted by Gasteiger charge is 2.35. The van der Waals surface area contributed by atoms with Crippen LogP contribution in [0.3, 0.4) is 0 Å². The van der Waals surface area contributed by atoms with Crippen LogP contribution in [0.25, 0.3) is 11.0 Å². The Kier molecular flexibility index (Phi) is 4.73. The summed E-state index contributed by atoms with van der Waals surface area (Å²) in [5, 5.41) is 9.33. The van der Waals surface area contributed by atoms with Gasteiger partial charge >= 0.3 is 5.97 Å². The molecular formula is C21H21N3O4. The van der Waals surface area contributed by atoms with E-state index >= 15 is 0 Å². The topological polar surface area (TPSA) is 84.7 Å². The Morgan fingerprint density at radius 1 is 1.21 bits per heavy atom. The molecule has 144 valence electrons. The number of fused-ring (bicyclic) bond motifs is 1. The van der Waals surface area contributed by atoms with E-state index in [4.69, 9.17) is 4.74 Å². The zero-order chi connectivity index (χ0) is 19.7. The SMILES string of the molecule is CCOc1ccc(N2C[C@H](c3nc4ccccc4n3CC(=O)O)CC2=O)cc1. The molecule has 28 heavy (non-hydrogen) atoms. The summed E-state index contributed by atoms with van der Waals surface area (Å²) in [5.41, 5.74) is 2.31. The number of carboxylic acid groups (broad SMARTS) is 1. The molecule has 4 rings (SSSR count). The van der Waals surface area contributed by atoms with Crippen molar-refractivity contribution in [2.75, 3.05) is 18.1 Å². The Morgan fingerprint density at radius 2 is 1.96 bits per heavy atom. The van der Waals surface area contributed by atoms with Crippen LogP contribution >= 0.6 is 0 Å². The number of aromatic nitrogens is 2. The highest BCUT2D eigenvalue weighted by molar-refractivity contribution is 5.96. The molecule has 1 saturated heterocycles. The van der Waals surface area contributed by atoms with E-state index in [0.717, 1.165) is 22.5 Å². The van der Waals surface area contributed by atoms with E-state index in [-0.39, 0.29) is 18.4 Å². The van der Waals surface area contributed by atoms with Gasteiger partial charge in [-0.25, -0.2) is 4.98 Å². The smallest absolute Gasteiger partial charge is 0.323 e. The van der Waals surface area contributed by atoms with Gasteiger partial charge in [-0.15, -0.1) is 0 Å². The third kappa shape index (κ3) is 3.31. The molecule has 2 aromatic carbocycles. The Hall–Kier alpha value is -3.35. The largest absolute Gasteiger partial charge is 0.494 e. The van der Waals surface area contributed by atoms with Crippen molar-refractivity contribution in [1.82, 2.24) is 9.55 Å². The second-order valence-corrected chi connectivity index (χ2v) is 6.77. The number of hydrogen-bond acceptors (Lipinski definition) is 4. The molecule has 0 saturated carbocycles. The molecule has 1 amide bonds. The summed E-state index contributed by atoms with van der Waals surface area (Å²) >= 11 is 0. The molecule has 0 aliphatic carbocycles. The van der Waals surface area contributed by atoms with Gasteiger partial charge in [-0.05, 0) is 43.3 Å². The molecule has 1 aliphatic rings. The minimum absolute atomic E-state index is 0.00286. The van der Waals surface area contributed by atoms with E-state index in [1.54, 1.807) is 9.47 Å². The van der Waals surface area contributed by atoms with Crippen molar-refractivity contribution < 1.29 is 19.4 Å². The summed E-state index contributed by atoms with van der Waals surface area (Å²) in [6, 6.07) is 14.9. The third-order valence-corrected chi connectivity index (χ3v) is 4.93. The molecule has 3 aromatic rings. The van der Waals surface area contributed by atoms with Gasteiger partial charge in [0, 0.05) is 24.6 Å². The maximum atomic E-state index is 12.7. The first-order valence-corrected chi connectivity index (χ1v) is 9.27. The van der Waals surface area contributed by atoms with Crippen LogP contribution in [0.15, 0.2) is 48.5 Å². The van der Waals surface area contributed by atoms with Crippen LogP contribution in [0.5, 0.6) is 5.75 Å². The van der Waals surface area contributed by atoms with E-state index in [0.29, 0.717) is 25.4 Å². The lowest BCUT2D eigenvalue weighted by atomic mass is 10.1. The molecule has 1 N–H and O–H groups in total. The van der Waals surface area contributed by atoms with Gasteiger partial charge in [-0.3, -0.25) is 9.59 Å². The van der Waals surface area contributed by atoms with Crippen LogP contribution < -0.4 is 9.64 Å². The molecule has 7 heteroatoms. The van der Waals surface area contributed by atoms with Gasteiger partial charge in [-0.1, -0.05) is 12.1 Å². The van der Waals surface area contributed by atoms with Crippen molar-refractivity contribution in [2.45, 2.75) is 25.8 Å². The summed E-state index contributed by atoms with van der Waals surface area (Å²) in [4.78, 5) is 30.4. The number of rotatable bonds is 6. The van der Waals surface area contributed by atoms with E-state index in [1.807, 2.05) is 55.5 Å². The Morgan fingerprint density at radius 3 is 2.68 bits per heavy atom. The summed E-state index contributed by atoms with van der Waals surface area (Å²) in [6.45, 7) is 2.80. The second kappa shape index (κ2) is 7.34. The number of carbonyl (C=O) groups excluding carboxylic acids is 1. The quantitative estimate of drug-likeness (QED) is 0.712. The predicted octanol–water partition coefficient (Wildman–Crippen LogP) is 3.04. The maximum absolute atomic E-state index is 12.7. The van der Waals surface area contributed by atoms with Gasteiger partial charge in [-0.2, -0.15) is 0 Å². The summed E-state index contributed by atoms with van der Waals surface area (Å²) in [6.07, 6.45) is 0.302. The van der Waals surface area contributed by atoms with Crippen molar-refractivity contribution in [3.63, 3.8) is 0 Å². The number of amides is 1. The first kappa shape index (κ1) is 18.0. The van der Waals surface area contributed by atoms with Crippen molar-refractivity contribution in [2.24, 2.45) is 0 Å². The summed E-state index contributed by atoms with van der Waals surface area (Å²) < 4.78 is 7.16. The van der Waals surface area contributed by atoms with Crippen LogP contribution in [-0.4, -0.2) is 39.7 Å². The molecular weight excluding hydrogens is 358 g/mol. The molecule has 0 bridgehead atoms. The lowest BCUT2D eigenvalue weighted by molar-refractivity contribution is -0.137. The van der Waals surface area contributed by atoms with Crippen molar-refractivity contribution in [1.29, 1.82) is 0 Å². The van der Waals surface area contributed by atoms with Crippen LogP contribution in [0, 0.1) is 0 Å². The average Bonchev–Trinajstić information content (AvgIpc) is 3.23. The molecule has 7 nitrogen and oxygen atoms in total. The first-order valence-electron chi connectivity index (χ1n) is 9.27. The van der Waals surface area contributed by atoms with Gasteiger partial charge in [0.15, 0.2) is 0 Å². The molecule has 1 aliphatic heterocycles. The standard InChI is InChI=1S/C21H21N3O4/c1-2-28-16-9-7-15(8-10-16)23-12-14(11-19(23)25)21-22-17-5-3-4-6-18(17)24(21)13-20(26)27/h3-10,14H,2,11-13H2,1H3,(H,26,27)/t14-/m1/s1. The number of carbonyl (C=O) groups is 2. The van der Waals surface area contributed by atoms with Crippen molar-refractivity contribution >= 4 is 28.6 Å². The van der Waals surface area contributed by atoms with E-state index in [2.05, 4.69) is 4.98 Å². The number of aliphatic carboxylic acids is 1. The van der Waals surface area contributed by atoms with Gasteiger partial charge < -0.3 is 19.3 Å². The van der Waals surface area contributed by atoms with Crippen molar-refractivity contribution in [3.8, 4) is 5.75 Å². The minimum Gasteiger partial charge on any atom is -0.494 e. The molecule has 2 heterocycles. The maximum Gasteiger partial charge on any atom is 0.323 e. The highest BCUT2D eigenvalue weighted by atomic mass is 16.5. The third-order valence-electron chi connectivity index (χ3n) is 4.93. The predicted molar refractivity (Wildman–Crippen MR) is 105 cm³/mol. The monoisotopic (exact) mass is 379 g/mol. The van der Waals surface area contributed by atoms with Crippen LogP contribution in [0.1, 0.15) is 25.1 Å². The van der Waals surface area contributed by atoms with E-state index in [9.17, 15) is 14.7 Å². The van der Waals surface area contributed by atoms with Gasteiger partial charge in [0.25, 0.3) is 0 Å². The lowest BCUT2D eigenvalue weighted by Gasteiger charge is -2.17. The number of carboxylic acids is 1. The highest BCUT2D eigenvalue weighted by Crippen LogP contribution is 2.33. The molecule has 1 atom stereocenters. The van der Waals surface area contributed by atoms with Gasteiger partial charge in [0.05, 0.1) is 17.6 Å². The zero-order valence-electron chi connectivity index (χ0n) is 15.5. The number of benzene rings is 2. The van der Waals surface area contributed by atoms with Crippen molar-refractivity contribution in [3.05, 3.63) is 54.4 Å². The Bertz CT molecular complexity index is 1030. The number of ether oxygens (including phenoxy) is 1. The molecule has 1 aromatic heterocycles. The summed E-state index contributed by atoms with van der Waals surface area (Å²) in [7, 11) is 0. The average molecular weight is 379 g/mol. The lowest BCUT2D eigenvalue weighted by Crippen LogP contribution is -2.24. The Balaban J connectivity index is 1.64. The fourth-order valence-corrected chi connectivity index (χ4v) is 3.73. The second-order valence-electron chi connectivity index (χ2n) is 6.77. The minimum atomic E-state index is -0.933. The normalized spacial score (nSPS) is 16.7. The summed E-state index contributed by atoms with van der Waals surface area (Å²) in [5.74, 6) is 0.314. The van der Waals surface area contributed by atoms with E-state index in [1.165, 1.54) is 0 Å². The number of para-hydroxylation sites is 2. The first-order chi connectivity index (χ1) is 13.6. The fourth-order valence-electron chi connectivity index (χ4n) is 3.73. The Labute approximate surface area is 162 Å². The molecule has 0 radical (unpaired) electrons. The van der Waals surface area contributed by atoms with Crippen LogP contribution in [-0.2, 0) is 16.1 Å². The zero-order valence-corrected chi connectivity index (χ0v) is 15.5. The van der Waals surface area contributed by atoms with Gasteiger partial charge in [0.1, 0.15) is 18.1 Å². The number of imidazole rings is 1. The number of anilines is 1. The van der Waals surface area contributed by atoms with Gasteiger partial charge in [0.2, 0.25) is 5.91 Å². The fraction of sp³-hybridized carbons (Fsp3) is 0.286. The van der Waals surface area contributed by atoms with E-state index < -0.39 is 5.97 Å². The molecule has 0 spiro atoms. The molecule has 1 fully saturated rings. The number of nitrogens with zero attached hydrogens (tertiary/aromatic N) is 3. The van der Waals surface area contributed by atoms with Crippen LogP contribution in [0.4, 0.5) is 5.69 Å². The van der Waals surface area contributed by atoms with Crippen LogP contribution in [0.2, 0.25) is 0 Å². The molecule has 0 unspecified atom stereocenters.